The lowest BCUT2D eigenvalue weighted by Gasteiger charge is -2.12. The fourth-order valence-electron chi connectivity index (χ4n) is 2.28. The van der Waals surface area contributed by atoms with Gasteiger partial charge in [-0.15, -0.1) is 0 Å². The smallest absolute Gasteiger partial charge is 0.341 e. The zero-order valence-electron chi connectivity index (χ0n) is 11.1. The average Bonchev–Trinajstić information content (AvgIpc) is 2.98. The van der Waals surface area contributed by atoms with Crippen molar-refractivity contribution in [2.45, 2.75) is 6.92 Å². The molecule has 112 valence electrons. The van der Waals surface area contributed by atoms with E-state index >= 15 is 0 Å². The number of aromatic nitrogens is 2. The van der Waals surface area contributed by atoms with E-state index in [1.807, 2.05) is 0 Å². The predicted molar refractivity (Wildman–Crippen MR) is 71.2 cm³/mol. The maximum absolute atomic E-state index is 13.7. The second-order valence-electron chi connectivity index (χ2n) is 4.60. The molecule has 0 amide bonds. The van der Waals surface area contributed by atoms with Gasteiger partial charge in [-0.1, -0.05) is 5.16 Å². The molecule has 0 unspecified atom stereocenters. The number of nitrogens with zero attached hydrogens (tertiary/aromatic N) is 2. The van der Waals surface area contributed by atoms with Crippen LogP contribution in [-0.2, 0) is 0 Å². The second kappa shape index (κ2) is 4.76. The van der Waals surface area contributed by atoms with Gasteiger partial charge in [-0.25, -0.2) is 13.6 Å². The van der Waals surface area contributed by atoms with Crippen LogP contribution in [0.2, 0.25) is 0 Å². The lowest BCUT2D eigenvalue weighted by molar-refractivity contribution is 0.0695. The number of rotatable bonds is 2. The van der Waals surface area contributed by atoms with Crippen molar-refractivity contribution >= 4 is 16.9 Å². The van der Waals surface area contributed by atoms with Crippen LogP contribution in [0.1, 0.15) is 15.9 Å². The van der Waals surface area contributed by atoms with Crippen LogP contribution in [0.4, 0.5) is 8.78 Å². The molecule has 3 rings (SSSR count). The number of aromatic carboxylic acids is 1. The minimum Gasteiger partial charge on any atom is -0.477 e. The molecule has 0 aliphatic carbocycles. The Hall–Kier alpha value is -3.03. The number of carbonyl (C=O) groups is 1. The Morgan fingerprint density at radius 1 is 1.41 bits per heavy atom. The summed E-state index contributed by atoms with van der Waals surface area (Å²) in [6, 6.07) is 2.21. The molecule has 1 aromatic carbocycles. The lowest BCUT2D eigenvalue weighted by Crippen LogP contribution is -2.20. The molecular formula is C14H8F2N2O4. The number of pyridine rings is 1. The number of carboxylic acids is 1. The van der Waals surface area contributed by atoms with Crippen molar-refractivity contribution in [3.05, 3.63) is 57.6 Å². The summed E-state index contributed by atoms with van der Waals surface area (Å²) in [5.41, 5.74) is -1.73. The third-order valence-electron chi connectivity index (χ3n) is 3.32. The van der Waals surface area contributed by atoms with Gasteiger partial charge >= 0.3 is 5.97 Å². The van der Waals surface area contributed by atoms with Crippen LogP contribution in [0.25, 0.3) is 16.7 Å². The highest BCUT2D eigenvalue weighted by atomic mass is 19.2. The maximum Gasteiger partial charge on any atom is 0.341 e. The van der Waals surface area contributed by atoms with E-state index in [1.165, 1.54) is 23.8 Å². The van der Waals surface area contributed by atoms with Gasteiger partial charge < -0.3 is 9.63 Å². The SMILES string of the molecule is Cc1c(F)c(F)cc2c1c(=O)c(C(=O)O)cn2-c1ccon1. The summed E-state index contributed by atoms with van der Waals surface area (Å²) in [5, 5.41) is 12.5. The van der Waals surface area contributed by atoms with Crippen LogP contribution in [-0.4, -0.2) is 20.8 Å². The highest BCUT2D eigenvalue weighted by Crippen LogP contribution is 2.24. The van der Waals surface area contributed by atoms with Gasteiger partial charge in [0, 0.05) is 23.9 Å². The maximum atomic E-state index is 13.7. The van der Waals surface area contributed by atoms with Gasteiger partial charge in [-0.05, 0) is 6.92 Å². The van der Waals surface area contributed by atoms with Crippen LogP contribution < -0.4 is 5.43 Å². The molecule has 2 aromatic heterocycles. The van der Waals surface area contributed by atoms with Crippen molar-refractivity contribution in [1.29, 1.82) is 0 Å². The number of aryl methyl sites for hydroxylation is 1. The van der Waals surface area contributed by atoms with Gasteiger partial charge in [-0.3, -0.25) is 9.36 Å². The fraction of sp³-hybridized carbons (Fsp3) is 0.0714. The van der Waals surface area contributed by atoms with E-state index in [0.29, 0.717) is 0 Å². The summed E-state index contributed by atoms with van der Waals surface area (Å²) in [6.45, 7) is 1.21. The van der Waals surface area contributed by atoms with E-state index in [1.54, 1.807) is 0 Å². The lowest BCUT2D eigenvalue weighted by atomic mass is 10.1. The summed E-state index contributed by atoms with van der Waals surface area (Å²) >= 11 is 0. The molecule has 0 bridgehead atoms. The first kappa shape index (κ1) is 13.9. The van der Waals surface area contributed by atoms with Crippen LogP contribution in [0, 0.1) is 18.6 Å². The van der Waals surface area contributed by atoms with Gasteiger partial charge in [0.15, 0.2) is 17.5 Å². The molecule has 0 spiro atoms. The van der Waals surface area contributed by atoms with E-state index in [2.05, 4.69) is 9.68 Å². The Balaban J connectivity index is 2.58. The molecule has 0 radical (unpaired) electrons. The van der Waals surface area contributed by atoms with Crippen molar-refractivity contribution in [3.8, 4) is 5.82 Å². The van der Waals surface area contributed by atoms with E-state index in [9.17, 15) is 18.4 Å². The average molecular weight is 306 g/mol. The van der Waals surface area contributed by atoms with E-state index in [0.717, 1.165) is 12.3 Å². The Morgan fingerprint density at radius 3 is 2.73 bits per heavy atom. The minimum absolute atomic E-state index is 0.000278. The Kier molecular flexibility index (Phi) is 3.01. The van der Waals surface area contributed by atoms with Crippen molar-refractivity contribution in [1.82, 2.24) is 9.72 Å². The van der Waals surface area contributed by atoms with Gasteiger partial charge in [-0.2, -0.15) is 0 Å². The third kappa shape index (κ3) is 1.88. The van der Waals surface area contributed by atoms with Crippen molar-refractivity contribution in [2.75, 3.05) is 0 Å². The number of carboxylic acid groups (broad SMARTS) is 1. The van der Waals surface area contributed by atoms with Crippen LogP contribution in [0.5, 0.6) is 0 Å². The fourth-order valence-corrected chi connectivity index (χ4v) is 2.28. The third-order valence-corrected chi connectivity index (χ3v) is 3.32. The number of benzene rings is 1. The molecule has 8 heteroatoms. The van der Waals surface area contributed by atoms with Gasteiger partial charge in [0.25, 0.3) is 0 Å². The number of hydrogen-bond donors (Lipinski definition) is 1. The molecular weight excluding hydrogens is 298 g/mol. The normalized spacial score (nSPS) is 11.0. The Labute approximate surface area is 121 Å². The van der Waals surface area contributed by atoms with Crippen molar-refractivity contribution in [3.63, 3.8) is 0 Å². The van der Waals surface area contributed by atoms with Gasteiger partial charge in [0.2, 0.25) is 5.43 Å². The van der Waals surface area contributed by atoms with Gasteiger partial charge in [0.05, 0.1) is 10.9 Å². The molecule has 0 aliphatic heterocycles. The van der Waals surface area contributed by atoms with E-state index in [-0.39, 0.29) is 22.3 Å². The minimum atomic E-state index is -1.48. The molecule has 6 nitrogen and oxygen atoms in total. The van der Waals surface area contributed by atoms with Crippen molar-refractivity contribution < 1.29 is 23.2 Å². The monoisotopic (exact) mass is 306 g/mol. The molecule has 1 N–H and O–H groups in total. The topological polar surface area (TPSA) is 85.3 Å². The molecule has 0 aliphatic rings. The first-order chi connectivity index (χ1) is 10.4. The van der Waals surface area contributed by atoms with E-state index in [4.69, 9.17) is 5.11 Å². The van der Waals surface area contributed by atoms with Crippen LogP contribution in [0.3, 0.4) is 0 Å². The molecule has 22 heavy (non-hydrogen) atoms. The first-order valence-corrected chi connectivity index (χ1v) is 6.10. The summed E-state index contributed by atoms with van der Waals surface area (Å²) < 4.78 is 33.2. The zero-order chi connectivity index (χ0) is 16.0. The standard InChI is InChI=1S/C14H8F2N2O4/c1-6-11-9(4-8(15)12(6)16)18(10-2-3-22-17-10)5-7(13(11)19)14(20)21/h2-5H,1H3,(H,20,21). The summed E-state index contributed by atoms with van der Waals surface area (Å²) in [7, 11) is 0. The highest BCUT2D eigenvalue weighted by molar-refractivity contribution is 5.94. The zero-order valence-corrected chi connectivity index (χ0v) is 11.1. The molecule has 2 heterocycles. The molecule has 0 atom stereocenters. The largest absolute Gasteiger partial charge is 0.477 e. The second-order valence-corrected chi connectivity index (χ2v) is 4.60. The quantitative estimate of drug-likeness (QED) is 0.785. The number of hydrogen-bond acceptors (Lipinski definition) is 4. The predicted octanol–water partition coefficient (Wildman–Crippen LogP) is 2.26. The van der Waals surface area contributed by atoms with Gasteiger partial charge in [0.1, 0.15) is 11.8 Å². The molecule has 0 saturated heterocycles. The van der Waals surface area contributed by atoms with Crippen molar-refractivity contribution in [2.24, 2.45) is 0 Å². The molecule has 0 saturated carbocycles. The summed E-state index contributed by atoms with van der Waals surface area (Å²) in [4.78, 5) is 23.5. The number of fused-ring (bicyclic) bond motifs is 1. The highest BCUT2D eigenvalue weighted by Gasteiger charge is 2.21. The van der Waals surface area contributed by atoms with E-state index < -0.39 is 28.6 Å². The Morgan fingerprint density at radius 2 is 2.14 bits per heavy atom. The Bertz CT molecular complexity index is 961. The first-order valence-electron chi connectivity index (χ1n) is 6.10. The summed E-state index contributed by atoms with van der Waals surface area (Å²) in [6.07, 6.45) is 2.23. The molecule has 3 aromatic rings. The molecule has 0 fully saturated rings. The summed E-state index contributed by atoms with van der Waals surface area (Å²) in [5.74, 6) is -3.69. The number of halogens is 2. The van der Waals surface area contributed by atoms with Crippen LogP contribution >= 0.6 is 0 Å². The van der Waals surface area contributed by atoms with Crippen LogP contribution in [0.15, 0.2) is 33.9 Å².